The summed E-state index contributed by atoms with van der Waals surface area (Å²) in [7, 11) is -3.92. The van der Waals surface area contributed by atoms with Gasteiger partial charge in [0.25, 0.3) is 5.91 Å². The third-order valence-electron chi connectivity index (χ3n) is 2.92. The van der Waals surface area contributed by atoms with Gasteiger partial charge in [-0.15, -0.1) is 0 Å². The zero-order valence-corrected chi connectivity index (χ0v) is 14.3. The molecular weight excluding hydrogens is 360 g/mol. The first-order valence-electron chi connectivity index (χ1n) is 6.52. The average Bonchev–Trinajstić information content (AvgIpc) is 2.42. The quantitative estimate of drug-likeness (QED) is 0.755. The van der Waals surface area contributed by atoms with E-state index in [0.29, 0.717) is 4.47 Å². The predicted octanol–water partition coefficient (Wildman–Crippen LogP) is 1.78. The number of amides is 1. The number of ether oxygens (including phenoxy) is 1. The second-order valence-corrected chi connectivity index (χ2v) is 6.95. The summed E-state index contributed by atoms with van der Waals surface area (Å²) in [4.78, 5) is 11.6. The molecule has 6 nitrogen and oxygen atoms in total. The number of hydrogen-bond donors (Lipinski definition) is 2. The lowest BCUT2D eigenvalue weighted by Crippen LogP contribution is -2.37. The highest BCUT2D eigenvalue weighted by Crippen LogP contribution is 2.26. The Labute approximate surface area is 133 Å². The van der Waals surface area contributed by atoms with Crippen LogP contribution < -0.4 is 15.2 Å². The summed E-state index contributed by atoms with van der Waals surface area (Å²) in [6.07, 6.45) is 1.64. The van der Waals surface area contributed by atoms with E-state index in [0.717, 1.165) is 12.8 Å². The maximum absolute atomic E-state index is 11.7. The molecule has 0 radical (unpaired) electrons. The summed E-state index contributed by atoms with van der Waals surface area (Å²) in [6.45, 7) is 3.69. The first-order valence-corrected chi connectivity index (χ1v) is 8.86. The molecule has 0 fully saturated rings. The third-order valence-corrected chi connectivity index (χ3v) is 4.35. The Morgan fingerprint density at radius 3 is 2.52 bits per heavy atom. The van der Waals surface area contributed by atoms with E-state index in [-0.39, 0.29) is 29.2 Å². The van der Waals surface area contributed by atoms with Gasteiger partial charge in [-0.3, -0.25) is 4.79 Å². The van der Waals surface area contributed by atoms with Gasteiger partial charge in [0.1, 0.15) is 10.6 Å². The van der Waals surface area contributed by atoms with E-state index in [4.69, 9.17) is 9.88 Å². The van der Waals surface area contributed by atoms with Crippen molar-refractivity contribution < 1.29 is 17.9 Å². The van der Waals surface area contributed by atoms with Crippen LogP contribution in [0.4, 0.5) is 0 Å². The molecule has 3 N–H and O–H groups in total. The molecule has 0 heterocycles. The minimum absolute atomic E-state index is 0.0559. The molecule has 0 aliphatic carbocycles. The van der Waals surface area contributed by atoms with E-state index >= 15 is 0 Å². The number of hydrogen-bond acceptors (Lipinski definition) is 4. The number of benzene rings is 1. The third kappa shape index (κ3) is 5.64. The molecule has 8 heteroatoms. The molecule has 1 aromatic rings. The molecule has 0 atom stereocenters. The van der Waals surface area contributed by atoms with Crippen LogP contribution in [0.2, 0.25) is 0 Å². The Hall–Kier alpha value is -1.12. The van der Waals surface area contributed by atoms with Crippen molar-refractivity contribution in [2.45, 2.75) is 37.6 Å². The van der Waals surface area contributed by atoms with Gasteiger partial charge in [0.05, 0.1) is 0 Å². The monoisotopic (exact) mass is 378 g/mol. The first-order chi connectivity index (χ1) is 9.77. The normalized spacial score (nSPS) is 11.5. The standard InChI is InChI=1S/C13H19BrN2O4S/c1-3-10(4-2)16-13(17)8-20-11-6-5-9(14)7-12(11)21(15,18)19/h5-7,10H,3-4,8H2,1-2H3,(H,16,17)(H2,15,18,19). The van der Waals surface area contributed by atoms with Gasteiger partial charge >= 0.3 is 0 Å². The number of nitrogens with two attached hydrogens (primary N) is 1. The van der Waals surface area contributed by atoms with E-state index in [1.54, 1.807) is 6.07 Å². The second-order valence-electron chi connectivity index (χ2n) is 4.51. The SMILES string of the molecule is CCC(CC)NC(=O)COc1ccc(Br)cc1S(N)(=O)=O. The van der Waals surface area contributed by atoms with Crippen molar-refractivity contribution in [1.29, 1.82) is 0 Å². The predicted molar refractivity (Wildman–Crippen MR) is 83.5 cm³/mol. The molecule has 21 heavy (non-hydrogen) atoms. The van der Waals surface area contributed by atoms with E-state index in [1.807, 2.05) is 13.8 Å². The Morgan fingerprint density at radius 2 is 2.00 bits per heavy atom. The van der Waals surface area contributed by atoms with Crippen LogP contribution in [-0.2, 0) is 14.8 Å². The molecule has 1 amide bonds. The Bertz CT molecular complexity index is 600. The van der Waals surface area contributed by atoms with Gasteiger partial charge in [-0.1, -0.05) is 29.8 Å². The molecule has 0 aliphatic rings. The summed E-state index contributed by atoms with van der Waals surface area (Å²) < 4.78 is 28.8. The summed E-state index contributed by atoms with van der Waals surface area (Å²) in [6, 6.07) is 4.49. The van der Waals surface area contributed by atoms with E-state index in [9.17, 15) is 13.2 Å². The molecule has 0 spiro atoms. The lowest BCUT2D eigenvalue weighted by atomic mass is 10.2. The minimum Gasteiger partial charge on any atom is -0.482 e. The second kappa shape index (κ2) is 7.77. The van der Waals surface area contributed by atoms with Crippen molar-refractivity contribution in [2.75, 3.05) is 6.61 Å². The van der Waals surface area contributed by atoms with Gasteiger partial charge in [-0.2, -0.15) is 0 Å². The fourth-order valence-corrected chi connectivity index (χ4v) is 2.94. The highest BCUT2D eigenvalue weighted by atomic mass is 79.9. The summed E-state index contributed by atoms with van der Waals surface area (Å²) in [5.41, 5.74) is 0. The van der Waals surface area contributed by atoms with Crippen molar-refractivity contribution in [2.24, 2.45) is 5.14 Å². The first kappa shape index (κ1) is 17.9. The van der Waals surface area contributed by atoms with Crippen molar-refractivity contribution in [3.05, 3.63) is 22.7 Å². The zero-order chi connectivity index (χ0) is 16.0. The van der Waals surface area contributed by atoms with Crippen LogP contribution in [0.1, 0.15) is 26.7 Å². The lowest BCUT2D eigenvalue weighted by molar-refractivity contribution is -0.123. The highest BCUT2D eigenvalue weighted by molar-refractivity contribution is 9.10. The molecule has 118 valence electrons. The highest BCUT2D eigenvalue weighted by Gasteiger charge is 2.17. The molecule has 0 bridgehead atoms. The van der Waals surface area contributed by atoms with Crippen LogP contribution in [0.25, 0.3) is 0 Å². The minimum atomic E-state index is -3.92. The van der Waals surface area contributed by atoms with Crippen LogP contribution >= 0.6 is 15.9 Å². The summed E-state index contributed by atoms with van der Waals surface area (Å²) >= 11 is 3.17. The number of primary sulfonamides is 1. The Morgan fingerprint density at radius 1 is 1.38 bits per heavy atom. The number of carbonyl (C=O) groups is 1. The lowest BCUT2D eigenvalue weighted by Gasteiger charge is -2.15. The average molecular weight is 379 g/mol. The van der Waals surface area contributed by atoms with Crippen LogP contribution in [0.5, 0.6) is 5.75 Å². The smallest absolute Gasteiger partial charge is 0.258 e. The van der Waals surface area contributed by atoms with E-state index in [2.05, 4.69) is 21.2 Å². The topological polar surface area (TPSA) is 98.5 Å². The number of halogens is 1. The molecule has 0 saturated carbocycles. The molecular formula is C13H19BrN2O4S. The van der Waals surface area contributed by atoms with Gasteiger partial charge in [-0.05, 0) is 31.0 Å². The van der Waals surface area contributed by atoms with Crippen molar-refractivity contribution in [1.82, 2.24) is 5.32 Å². The largest absolute Gasteiger partial charge is 0.482 e. The number of carbonyl (C=O) groups excluding carboxylic acids is 1. The van der Waals surface area contributed by atoms with Crippen LogP contribution in [0.15, 0.2) is 27.6 Å². The molecule has 1 aromatic carbocycles. The maximum atomic E-state index is 11.7. The molecule has 1 rings (SSSR count). The molecule has 0 saturated heterocycles. The van der Waals surface area contributed by atoms with Crippen LogP contribution in [0.3, 0.4) is 0 Å². The number of sulfonamides is 1. The van der Waals surface area contributed by atoms with Crippen molar-refractivity contribution in [3.8, 4) is 5.75 Å². The Kier molecular flexibility index (Phi) is 6.63. The van der Waals surface area contributed by atoms with Gasteiger partial charge in [0.15, 0.2) is 6.61 Å². The van der Waals surface area contributed by atoms with Gasteiger partial charge < -0.3 is 10.1 Å². The summed E-state index contributed by atoms with van der Waals surface area (Å²) in [5.74, 6) is -0.243. The van der Waals surface area contributed by atoms with Gasteiger partial charge in [-0.25, -0.2) is 13.6 Å². The molecule has 0 aliphatic heterocycles. The van der Waals surface area contributed by atoms with E-state index < -0.39 is 10.0 Å². The van der Waals surface area contributed by atoms with Gasteiger partial charge in [0, 0.05) is 10.5 Å². The Balaban J connectivity index is 2.78. The zero-order valence-electron chi connectivity index (χ0n) is 11.9. The molecule has 0 unspecified atom stereocenters. The fourth-order valence-electron chi connectivity index (χ4n) is 1.73. The number of nitrogens with one attached hydrogen (secondary N) is 1. The van der Waals surface area contributed by atoms with Gasteiger partial charge in [0.2, 0.25) is 10.0 Å². The fraction of sp³-hybridized carbons (Fsp3) is 0.462. The van der Waals surface area contributed by atoms with E-state index in [1.165, 1.54) is 12.1 Å². The number of rotatable bonds is 7. The summed E-state index contributed by atoms with van der Waals surface area (Å²) in [5, 5.41) is 7.93. The van der Waals surface area contributed by atoms with Crippen LogP contribution in [0, 0.1) is 0 Å². The maximum Gasteiger partial charge on any atom is 0.258 e. The van der Waals surface area contributed by atoms with Crippen molar-refractivity contribution in [3.63, 3.8) is 0 Å². The van der Waals surface area contributed by atoms with Crippen LogP contribution in [-0.4, -0.2) is 27.0 Å². The molecule has 0 aromatic heterocycles. The van der Waals surface area contributed by atoms with Crippen molar-refractivity contribution >= 4 is 31.9 Å².